The second-order valence-corrected chi connectivity index (χ2v) is 6.67. The highest BCUT2D eigenvalue weighted by atomic mass is 16.3. The molecule has 0 amide bonds. The summed E-state index contributed by atoms with van der Waals surface area (Å²) in [6, 6.07) is 15.8. The first-order chi connectivity index (χ1) is 13.7. The van der Waals surface area contributed by atoms with Gasteiger partial charge in [-0.3, -0.25) is 0 Å². The number of aromatic nitrogens is 4. The normalized spacial score (nSPS) is 11.2. The summed E-state index contributed by atoms with van der Waals surface area (Å²) in [5, 5.41) is 0. The first-order valence-corrected chi connectivity index (χ1v) is 9.01. The number of benzene rings is 1. The molecule has 0 radical (unpaired) electrons. The summed E-state index contributed by atoms with van der Waals surface area (Å²) in [7, 11) is 0. The molecule has 6 nitrogen and oxygen atoms in total. The van der Waals surface area contributed by atoms with Gasteiger partial charge in [0.25, 0.3) is 0 Å². The molecule has 0 unspecified atom stereocenters. The van der Waals surface area contributed by atoms with Crippen LogP contribution in [0.4, 0.5) is 0 Å². The van der Waals surface area contributed by atoms with Gasteiger partial charge in [0.15, 0.2) is 23.2 Å². The highest BCUT2D eigenvalue weighted by Gasteiger charge is 2.12. The van der Waals surface area contributed by atoms with E-state index in [9.17, 15) is 0 Å². The second-order valence-electron chi connectivity index (χ2n) is 6.67. The van der Waals surface area contributed by atoms with Crippen molar-refractivity contribution in [2.24, 2.45) is 0 Å². The van der Waals surface area contributed by atoms with Crippen molar-refractivity contribution in [3.05, 3.63) is 72.4 Å². The largest absolute Gasteiger partial charge is 0.458 e. The number of rotatable bonds is 4. The van der Waals surface area contributed by atoms with Gasteiger partial charge >= 0.3 is 0 Å². The molecule has 0 saturated heterocycles. The van der Waals surface area contributed by atoms with Crippen LogP contribution < -0.4 is 0 Å². The highest BCUT2D eigenvalue weighted by molar-refractivity contribution is 5.71. The Hall–Kier alpha value is -3.80. The molecule has 0 spiro atoms. The number of aromatic amines is 2. The van der Waals surface area contributed by atoms with E-state index in [1.165, 1.54) is 0 Å². The zero-order valence-electron chi connectivity index (χ0n) is 15.5. The Morgan fingerprint density at radius 2 is 1.18 bits per heavy atom. The molecule has 5 rings (SSSR count). The molecule has 28 heavy (non-hydrogen) atoms. The van der Waals surface area contributed by atoms with Crippen molar-refractivity contribution in [1.82, 2.24) is 19.9 Å². The number of H-pyrrole nitrogens is 2. The molecular weight excluding hydrogens is 352 g/mol. The fraction of sp³-hybridized carbons (Fsp3) is 0.0909. The summed E-state index contributed by atoms with van der Waals surface area (Å²) in [6.45, 7) is 3.83. The van der Waals surface area contributed by atoms with E-state index >= 15 is 0 Å². The van der Waals surface area contributed by atoms with Gasteiger partial charge in [-0.15, -0.1) is 0 Å². The fourth-order valence-corrected chi connectivity index (χ4v) is 3.15. The van der Waals surface area contributed by atoms with E-state index in [0.717, 1.165) is 45.6 Å². The minimum absolute atomic E-state index is 0.712. The molecule has 0 aliphatic heterocycles. The van der Waals surface area contributed by atoms with Gasteiger partial charge in [0.05, 0.1) is 11.4 Å². The monoisotopic (exact) mass is 370 g/mol. The fourth-order valence-electron chi connectivity index (χ4n) is 3.15. The van der Waals surface area contributed by atoms with Gasteiger partial charge in [-0.05, 0) is 44.2 Å². The number of nitrogens with zero attached hydrogens (tertiary/aromatic N) is 2. The van der Waals surface area contributed by atoms with Gasteiger partial charge in [-0.1, -0.05) is 18.2 Å². The van der Waals surface area contributed by atoms with Crippen LogP contribution in [0.25, 0.3) is 45.7 Å². The van der Waals surface area contributed by atoms with E-state index in [-0.39, 0.29) is 0 Å². The van der Waals surface area contributed by atoms with Crippen molar-refractivity contribution in [1.29, 1.82) is 0 Å². The summed E-state index contributed by atoms with van der Waals surface area (Å²) >= 11 is 0. The average Bonchev–Trinajstić information content (AvgIpc) is 3.48. The lowest BCUT2D eigenvalue weighted by molar-refractivity contribution is 0.544. The van der Waals surface area contributed by atoms with Crippen molar-refractivity contribution in [3.63, 3.8) is 0 Å². The molecule has 0 saturated carbocycles. The number of hydrogen-bond donors (Lipinski definition) is 2. The third-order valence-electron chi connectivity index (χ3n) is 4.56. The van der Waals surface area contributed by atoms with Crippen LogP contribution in [0.5, 0.6) is 0 Å². The predicted molar refractivity (Wildman–Crippen MR) is 106 cm³/mol. The van der Waals surface area contributed by atoms with Gasteiger partial charge < -0.3 is 18.8 Å². The van der Waals surface area contributed by atoms with Gasteiger partial charge in [0.2, 0.25) is 0 Å². The molecule has 0 aliphatic carbocycles. The maximum absolute atomic E-state index is 5.64. The van der Waals surface area contributed by atoms with Crippen LogP contribution in [-0.2, 0) is 0 Å². The van der Waals surface area contributed by atoms with Crippen molar-refractivity contribution in [2.75, 3.05) is 0 Å². The SMILES string of the molecule is Cc1ccc(-c2nc(-c3cccc(-c4c[nH]c(-c5ccc(C)o5)n4)c3)c[nH]2)o1. The summed E-state index contributed by atoms with van der Waals surface area (Å²) in [5.41, 5.74) is 3.70. The highest BCUT2D eigenvalue weighted by Crippen LogP contribution is 2.28. The minimum atomic E-state index is 0.712. The zero-order chi connectivity index (χ0) is 19.1. The molecule has 4 aromatic heterocycles. The Kier molecular flexibility index (Phi) is 3.76. The van der Waals surface area contributed by atoms with Crippen LogP contribution >= 0.6 is 0 Å². The molecule has 0 fully saturated rings. The summed E-state index contributed by atoms with van der Waals surface area (Å²) in [5.74, 6) is 4.59. The number of furan rings is 2. The third kappa shape index (κ3) is 2.95. The summed E-state index contributed by atoms with van der Waals surface area (Å²) < 4.78 is 11.3. The van der Waals surface area contributed by atoms with E-state index in [1.54, 1.807) is 0 Å². The van der Waals surface area contributed by atoms with Crippen LogP contribution in [0, 0.1) is 13.8 Å². The quantitative estimate of drug-likeness (QED) is 0.431. The summed E-state index contributed by atoms with van der Waals surface area (Å²) in [6.07, 6.45) is 3.77. The van der Waals surface area contributed by atoms with Crippen molar-refractivity contribution >= 4 is 0 Å². The number of imidazole rings is 2. The lowest BCUT2D eigenvalue weighted by Crippen LogP contribution is -1.83. The van der Waals surface area contributed by atoms with Gasteiger partial charge in [0, 0.05) is 23.5 Å². The molecule has 6 heteroatoms. The Morgan fingerprint density at radius 3 is 1.61 bits per heavy atom. The predicted octanol–water partition coefficient (Wildman–Crippen LogP) is 5.60. The Bertz CT molecular complexity index is 1160. The van der Waals surface area contributed by atoms with E-state index < -0.39 is 0 Å². The number of aryl methyl sites for hydroxylation is 2. The minimum Gasteiger partial charge on any atom is -0.458 e. The lowest BCUT2D eigenvalue weighted by Gasteiger charge is -2.00. The van der Waals surface area contributed by atoms with Crippen LogP contribution in [0.2, 0.25) is 0 Å². The van der Waals surface area contributed by atoms with E-state index in [1.807, 2.05) is 68.7 Å². The molecular formula is C22H18N4O2. The first-order valence-electron chi connectivity index (χ1n) is 9.01. The van der Waals surface area contributed by atoms with Crippen LogP contribution in [0.15, 0.2) is 69.8 Å². The van der Waals surface area contributed by atoms with Crippen LogP contribution in [0.1, 0.15) is 11.5 Å². The third-order valence-corrected chi connectivity index (χ3v) is 4.56. The van der Waals surface area contributed by atoms with E-state index in [2.05, 4.69) is 26.0 Å². The van der Waals surface area contributed by atoms with E-state index in [0.29, 0.717) is 11.6 Å². The lowest BCUT2D eigenvalue weighted by atomic mass is 10.1. The maximum atomic E-state index is 5.64. The van der Waals surface area contributed by atoms with Crippen LogP contribution in [0.3, 0.4) is 0 Å². The molecule has 2 N–H and O–H groups in total. The van der Waals surface area contributed by atoms with Crippen molar-refractivity contribution in [2.45, 2.75) is 13.8 Å². The maximum Gasteiger partial charge on any atom is 0.174 e. The molecule has 138 valence electrons. The molecule has 5 aromatic rings. The summed E-state index contributed by atoms with van der Waals surface area (Å²) in [4.78, 5) is 15.7. The molecule has 4 heterocycles. The molecule has 0 atom stereocenters. The average molecular weight is 370 g/mol. The molecule has 0 aliphatic rings. The van der Waals surface area contributed by atoms with Crippen LogP contribution in [-0.4, -0.2) is 19.9 Å². The van der Waals surface area contributed by atoms with Gasteiger partial charge in [-0.25, -0.2) is 9.97 Å². The van der Waals surface area contributed by atoms with Gasteiger partial charge in [-0.2, -0.15) is 0 Å². The van der Waals surface area contributed by atoms with Gasteiger partial charge in [0.1, 0.15) is 11.5 Å². The Balaban J connectivity index is 1.46. The second kappa shape index (κ2) is 6.42. The Labute approximate surface area is 161 Å². The van der Waals surface area contributed by atoms with Crippen molar-refractivity contribution < 1.29 is 8.83 Å². The zero-order valence-corrected chi connectivity index (χ0v) is 15.5. The topological polar surface area (TPSA) is 83.6 Å². The Morgan fingerprint density at radius 1 is 0.679 bits per heavy atom. The molecule has 1 aromatic carbocycles. The standard InChI is InChI=1S/C22H18N4O2/c1-13-6-8-19(27-13)21-23-11-17(25-21)15-4-3-5-16(10-15)18-12-24-22(26-18)20-9-7-14(2)28-20/h3-12H,1-2H3,(H,23,25)(H,24,26). The smallest absolute Gasteiger partial charge is 0.174 e. The number of hydrogen-bond acceptors (Lipinski definition) is 4. The first kappa shape index (κ1) is 16.4. The molecule has 0 bridgehead atoms. The van der Waals surface area contributed by atoms with Crippen molar-refractivity contribution in [3.8, 4) is 45.7 Å². The number of nitrogens with one attached hydrogen (secondary N) is 2. The van der Waals surface area contributed by atoms with E-state index in [4.69, 9.17) is 8.83 Å².